The van der Waals surface area contributed by atoms with Gasteiger partial charge in [-0.1, -0.05) is 22.0 Å². The first-order valence-electron chi connectivity index (χ1n) is 4.49. The average Bonchev–Trinajstić information content (AvgIpc) is 2.24. The van der Waals surface area contributed by atoms with Crippen LogP contribution < -0.4 is 10.3 Å². The van der Waals surface area contributed by atoms with Crippen LogP contribution in [0.2, 0.25) is 0 Å². The van der Waals surface area contributed by atoms with Gasteiger partial charge in [-0.3, -0.25) is 4.79 Å². The monoisotopic (exact) mass is 267 g/mol. The Morgan fingerprint density at radius 2 is 2.13 bits per heavy atom. The summed E-state index contributed by atoms with van der Waals surface area (Å²) >= 11 is 3.42. The highest BCUT2D eigenvalue weighted by Crippen LogP contribution is 2.24. The van der Waals surface area contributed by atoms with E-state index in [1.54, 1.807) is 6.07 Å². The molecule has 1 N–H and O–H groups in total. The first kappa shape index (κ1) is 10.2. The van der Waals surface area contributed by atoms with Gasteiger partial charge in [0.25, 0.3) is 5.56 Å². The van der Waals surface area contributed by atoms with Crippen LogP contribution in [0.4, 0.5) is 0 Å². The maximum Gasteiger partial charge on any atom is 0.290 e. The number of aryl methyl sites for hydroxylation is 1. The number of ether oxygens (including phenoxy) is 1. The molecule has 0 saturated heterocycles. The van der Waals surface area contributed by atoms with E-state index in [2.05, 4.69) is 20.9 Å². The minimum Gasteiger partial charge on any atom is -0.491 e. The summed E-state index contributed by atoms with van der Waals surface area (Å²) in [4.78, 5) is 14.3. The number of aromatic nitrogens is 1. The quantitative estimate of drug-likeness (QED) is 0.863. The minimum absolute atomic E-state index is 0.203. The van der Waals surface area contributed by atoms with E-state index in [0.29, 0.717) is 5.75 Å². The molecule has 4 heteroatoms. The number of fused-ring (bicyclic) bond motifs is 1. The number of rotatable bonds is 1. The van der Waals surface area contributed by atoms with Crippen molar-refractivity contribution in [3.8, 4) is 5.75 Å². The number of hydrogen-bond acceptors (Lipinski definition) is 2. The van der Waals surface area contributed by atoms with Gasteiger partial charge < -0.3 is 9.72 Å². The minimum atomic E-state index is -0.203. The molecule has 0 aliphatic carbocycles. The third kappa shape index (κ3) is 1.65. The van der Waals surface area contributed by atoms with Crippen molar-refractivity contribution in [2.75, 3.05) is 7.11 Å². The second-order valence-corrected chi connectivity index (χ2v) is 4.16. The second-order valence-electron chi connectivity index (χ2n) is 3.30. The summed E-state index contributed by atoms with van der Waals surface area (Å²) in [5, 5.41) is 0.965. The third-order valence-electron chi connectivity index (χ3n) is 2.40. The maximum atomic E-state index is 11.5. The third-order valence-corrected chi connectivity index (χ3v) is 3.26. The lowest BCUT2D eigenvalue weighted by molar-refractivity contribution is 0.409. The SMILES string of the molecule is COc1cc2ccc(Br)c(C)c2[nH]c1=O. The first-order chi connectivity index (χ1) is 7.13. The predicted octanol–water partition coefficient (Wildman–Crippen LogP) is 2.61. The van der Waals surface area contributed by atoms with Crippen LogP contribution in [0.5, 0.6) is 5.75 Å². The smallest absolute Gasteiger partial charge is 0.290 e. The Morgan fingerprint density at radius 1 is 1.40 bits per heavy atom. The average molecular weight is 268 g/mol. The molecule has 0 radical (unpaired) electrons. The molecule has 78 valence electrons. The number of pyridine rings is 1. The van der Waals surface area contributed by atoms with E-state index in [1.807, 2.05) is 19.1 Å². The molecule has 1 heterocycles. The standard InChI is InChI=1S/C11H10BrNO2/c1-6-8(12)4-3-7-5-9(15-2)11(14)13-10(6)7/h3-5H,1-2H3,(H,13,14). The number of benzene rings is 1. The Hall–Kier alpha value is -1.29. The number of hydrogen-bond donors (Lipinski definition) is 1. The molecule has 15 heavy (non-hydrogen) atoms. The van der Waals surface area contributed by atoms with Gasteiger partial charge in [-0.05, 0) is 24.6 Å². The van der Waals surface area contributed by atoms with E-state index in [4.69, 9.17) is 4.74 Å². The molecule has 0 spiro atoms. The van der Waals surface area contributed by atoms with Gasteiger partial charge in [0.15, 0.2) is 5.75 Å². The summed E-state index contributed by atoms with van der Waals surface area (Å²) in [6.45, 7) is 1.95. The molecular weight excluding hydrogens is 258 g/mol. The Kier molecular flexibility index (Phi) is 2.52. The Balaban J connectivity index is 2.87. The largest absolute Gasteiger partial charge is 0.491 e. The first-order valence-corrected chi connectivity index (χ1v) is 5.29. The normalized spacial score (nSPS) is 10.6. The van der Waals surface area contributed by atoms with Crippen molar-refractivity contribution in [3.63, 3.8) is 0 Å². The van der Waals surface area contributed by atoms with Gasteiger partial charge in [0.1, 0.15) is 0 Å². The number of H-pyrrole nitrogens is 1. The predicted molar refractivity (Wildman–Crippen MR) is 63.6 cm³/mol. The Bertz CT molecular complexity index is 575. The van der Waals surface area contributed by atoms with Crippen molar-refractivity contribution in [2.24, 2.45) is 0 Å². The van der Waals surface area contributed by atoms with Crippen LogP contribution in [-0.4, -0.2) is 12.1 Å². The van der Waals surface area contributed by atoms with E-state index in [-0.39, 0.29) is 5.56 Å². The molecule has 2 aromatic rings. The van der Waals surface area contributed by atoms with Crippen LogP contribution in [0.3, 0.4) is 0 Å². The summed E-state index contributed by atoms with van der Waals surface area (Å²) in [6, 6.07) is 5.63. The molecule has 2 rings (SSSR count). The highest BCUT2D eigenvalue weighted by Gasteiger charge is 2.06. The zero-order valence-electron chi connectivity index (χ0n) is 8.43. The summed E-state index contributed by atoms with van der Waals surface area (Å²) in [5.74, 6) is 0.337. The van der Waals surface area contributed by atoms with Gasteiger partial charge in [-0.2, -0.15) is 0 Å². The fraction of sp³-hybridized carbons (Fsp3) is 0.182. The lowest BCUT2D eigenvalue weighted by Gasteiger charge is -2.05. The van der Waals surface area contributed by atoms with Crippen LogP contribution >= 0.6 is 15.9 Å². The molecule has 0 unspecified atom stereocenters. The maximum absolute atomic E-state index is 11.5. The number of aromatic amines is 1. The Morgan fingerprint density at radius 3 is 2.80 bits per heavy atom. The van der Waals surface area contributed by atoms with E-state index >= 15 is 0 Å². The molecule has 0 saturated carbocycles. The van der Waals surface area contributed by atoms with Crippen molar-refractivity contribution < 1.29 is 4.74 Å². The van der Waals surface area contributed by atoms with E-state index < -0.39 is 0 Å². The number of methoxy groups -OCH3 is 1. The zero-order valence-corrected chi connectivity index (χ0v) is 10.0. The molecule has 0 aliphatic rings. The molecule has 0 aliphatic heterocycles. The molecule has 0 bridgehead atoms. The molecule has 0 atom stereocenters. The summed E-state index contributed by atoms with van der Waals surface area (Å²) in [6.07, 6.45) is 0. The van der Waals surface area contributed by atoms with Crippen molar-refractivity contribution in [3.05, 3.63) is 38.6 Å². The van der Waals surface area contributed by atoms with E-state index in [9.17, 15) is 4.79 Å². The van der Waals surface area contributed by atoms with Gasteiger partial charge in [0, 0.05) is 9.86 Å². The number of halogens is 1. The van der Waals surface area contributed by atoms with Gasteiger partial charge in [-0.25, -0.2) is 0 Å². The van der Waals surface area contributed by atoms with Crippen molar-refractivity contribution in [1.82, 2.24) is 4.98 Å². The van der Waals surface area contributed by atoms with Crippen LogP contribution in [0.1, 0.15) is 5.56 Å². The van der Waals surface area contributed by atoms with Gasteiger partial charge >= 0.3 is 0 Å². The van der Waals surface area contributed by atoms with Crippen LogP contribution in [0, 0.1) is 6.92 Å². The topological polar surface area (TPSA) is 42.1 Å². The summed E-state index contributed by atoms with van der Waals surface area (Å²) < 4.78 is 5.95. The van der Waals surface area contributed by atoms with Gasteiger partial charge in [0.2, 0.25) is 0 Å². The molecule has 1 aromatic carbocycles. The van der Waals surface area contributed by atoms with E-state index in [0.717, 1.165) is 20.9 Å². The van der Waals surface area contributed by atoms with Crippen LogP contribution in [0.15, 0.2) is 27.5 Å². The second kappa shape index (κ2) is 3.70. The fourth-order valence-electron chi connectivity index (χ4n) is 1.53. The summed E-state index contributed by atoms with van der Waals surface area (Å²) in [7, 11) is 1.49. The van der Waals surface area contributed by atoms with Crippen molar-refractivity contribution in [2.45, 2.75) is 6.92 Å². The van der Waals surface area contributed by atoms with Crippen LogP contribution in [-0.2, 0) is 0 Å². The van der Waals surface area contributed by atoms with Gasteiger partial charge in [0.05, 0.1) is 12.6 Å². The molecular formula is C11H10BrNO2. The lowest BCUT2D eigenvalue weighted by atomic mass is 10.1. The Labute approximate surface area is 95.2 Å². The van der Waals surface area contributed by atoms with Crippen LogP contribution in [0.25, 0.3) is 10.9 Å². The molecule has 0 fully saturated rings. The van der Waals surface area contributed by atoms with E-state index in [1.165, 1.54) is 7.11 Å². The van der Waals surface area contributed by atoms with Crippen molar-refractivity contribution in [1.29, 1.82) is 0 Å². The highest BCUT2D eigenvalue weighted by atomic mass is 79.9. The summed E-state index contributed by atoms with van der Waals surface area (Å²) in [5.41, 5.74) is 1.66. The highest BCUT2D eigenvalue weighted by molar-refractivity contribution is 9.10. The molecule has 1 aromatic heterocycles. The zero-order chi connectivity index (χ0) is 11.0. The molecule has 3 nitrogen and oxygen atoms in total. The molecule has 0 amide bonds. The number of nitrogens with one attached hydrogen (secondary N) is 1. The van der Waals surface area contributed by atoms with Crippen molar-refractivity contribution >= 4 is 26.8 Å². The fourth-order valence-corrected chi connectivity index (χ4v) is 1.86. The van der Waals surface area contributed by atoms with Gasteiger partial charge in [-0.15, -0.1) is 0 Å². The lowest BCUT2D eigenvalue weighted by Crippen LogP contribution is -2.09.